The molecule has 0 radical (unpaired) electrons. The normalized spacial score (nSPS) is 13.8. The first-order valence-electron chi connectivity index (χ1n) is 8.22. The number of aromatic amines is 1. The topological polar surface area (TPSA) is 100 Å². The van der Waals surface area contributed by atoms with Crippen molar-refractivity contribution in [3.8, 4) is 11.5 Å². The summed E-state index contributed by atoms with van der Waals surface area (Å²) in [5.74, 6) is 0.823. The van der Waals surface area contributed by atoms with Crippen LogP contribution in [-0.4, -0.2) is 32.8 Å². The average molecular weight is 338 g/mol. The Bertz CT molecular complexity index is 918. The summed E-state index contributed by atoms with van der Waals surface area (Å²) in [6.07, 6.45) is 4.03. The molecule has 0 bridgehead atoms. The summed E-state index contributed by atoms with van der Waals surface area (Å²) in [6.45, 7) is 0.909. The van der Waals surface area contributed by atoms with E-state index in [2.05, 4.69) is 20.5 Å². The van der Waals surface area contributed by atoms with Crippen LogP contribution in [0.4, 0.5) is 0 Å². The van der Waals surface area contributed by atoms with Crippen LogP contribution in [0.15, 0.2) is 36.5 Å². The van der Waals surface area contributed by atoms with Gasteiger partial charge >= 0.3 is 0 Å². The second-order valence-electron chi connectivity index (χ2n) is 6.23. The van der Waals surface area contributed by atoms with Gasteiger partial charge < -0.3 is 15.2 Å². The van der Waals surface area contributed by atoms with Crippen LogP contribution in [0.1, 0.15) is 28.9 Å². The van der Waals surface area contributed by atoms with Crippen LogP contribution in [0, 0.1) is 5.92 Å². The SMILES string of the molecule is O=C(NCc1[nH]nc2ncccc12)c1cc(O)cc(OCC2CC2)c1. The van der Waals surface area contributed by atoms with Crippen molar-refractivity contribution in [2.75, 3.05) is 6.61 Å². The molecular weight excluding hydrogens is 320 g/mol. The van der Waals surface area contributed by atoms with E-state index in [1.54, 1.807) is 12.3 Å². The number of nitrogens with zero attached hydrogens (tertiary/aromatic N) is 2. The highest BCUT2D eigenvalue weighted by Gasteiger charge is 2.22. The molecule has 7 nitrogen and oxygen atoms in total. The van der Waals surface area contributed by atoms with E-state index in [0.717, 1.165) is 11.1 Å². The molecule has 1 aromatic carbocycles. The molecule has 3 aromatic rings. The van der Waals surface area contributed by atoms with Crippen molar-refractivity contribution in [3.63, 3.8) is 0 Å². The minimum absolute atomic E-state index is 0.00892. The number of phenols is 1. The predicted octanol–water partition coefficient (Wildman–Crippen LogP) is 2.38. The maximum absolute atomic E-state index is 12.4. The van der Waals surface area contributed by atoms with Crippen LogP contribution in [0.2, 0.25) is 0 Å². The van der Waals surface area contributed by atoms with Gasteiger partial charge in [0, 0.05) is 23.2 Å². The molecule has 2 aromatic heterocycles. The van der Waals surface area contributed by atoms with Gasteiger partial charge in [-0.25, -0.2) is 4.98 Å². The number of H-pyrrole nitrogens is 1. The first kappa shape index (κ1) is 15.4. The molecule has 0 spiro atoms. The number of aromatic nitrogens is 3. The molecule has 1 aliphatic rings. The van der Waals surface area contributed by atoms with Gasteiger partial charge in [0.05, 0.1) is 18.8 Å². The Labute approximate surface area is 144 Å². The first-order valence-corrected chi connectivity index (χ1v) is 8.22. The van der Waals surface area contributed by atoms with Gasteiger partial charge in [0.1, 0.15) is 11.5 Å². The fraction of sp³-hybridized carbons (Fsp3) is 0.278. The lowest BCUT2D eigenvalue weighted by Crippen LogP contribution is -2.23. The van der Waals surface area contributed by atoms with E-state index in [4.69, 9.17) is 4.74 Å². The maximum atomic E-state index is 12.4. The summed E-state index contributed by atoms with van der Waals surface area (Å²) in [5, 5.41) is 20.5. The van der Waals surface area contributed by atoms with E-state index in [1.165, 1.54) is 25.0 Å². The monoisotopic (exact) mass is 338 g/mol. The van der Waals surface area contributed by atoms with Gasteiger partial charge in [0.2, 0.25) is 0 Å². The lowest BCUT2D eigenvalue weighted by molar-refractivity contribution is 0.0949. The van der Waals surface area contributed by atoms with Crippen molar-refractivity contribution in [1.29, 1.82) is 0 Å². The zero-order chi connectivity index (χ0) is 17.2. The highest BCUT2D eigenvalue weighted by atomic mass is 16.5. The number of carbonyl (C=O) groups excluding carboxylic acids is 1. The van der Waals surface area contributed by atoms with Crippen LogP contribution in [0.25, 0.3) is 11.0 Å². The van der Waals surface area contributed by atoms with Crippen molar-refractivity contribution >= 4 is 16.9 Å². The zero-order valence-electron chi connectivity index (χ0n) is 13.5. The van der Waals surface area contributed by atoms with Crippen LogP contribution in [-0.2, 0) is 6.54 Å². The van der Waals surface area contributed by atoms with Gasteiger partial charge in [-0.2, -0.15) is 5.10 Å². The van der Waals surface area contributed by atoms with E-state index in [9.17, 15) is 9.90 Å². The summed E-state index contributed by atoms with van der Waals surface area (Å²) in [6, 6.07) is 8.30. The number of fused-ring (bicyclic) bond motifs is 1. The lowest BCUT2D eigenvalue weighted by Gasteiger charge is -2.09. The van der Waals surface area contributed by atoms with E-state index in [1.807, 2.05) is 12.1 Å². The standard InChI is InChI=1S/C18H18N4O3/c23-13-6-12(7-14(8-13)25-10-11-3-4-11)18(24)20-9-16-15-2-1-5-19-17(15)22-21-16/h1-2,5-8,11,23H,3-4,9-10H2,(H,20,24)(H,19,21,22). The molecule has 4 rings (SSSR count). The van der Waals surface area contributed by atoms with Crippen LogP contribution >= 0.6 is 0 Å². The van der Waals surface area contributed by atoms with E-state index >= 15 is 0 Å². The number of carbonyl (C=O) groups is 1. The zero-order valence-corrected chi connectivity index (χ0v) is 13.5. The minimum atomic E-state index is -0.293. The lowest BCUT2D eigenvalue weighted by atomic mass is 10.2. The molecule has 0 aliphatic heterocycles. The Morgan fingerprint density at radius 1 is 1.36 bits per heavy atom. The Morgan fingerprint density at radius 2 is 2.24 bits per heavy atom. The molecule has 3 N–H and O–H groups in total. The minimum Gasteiger partial charge on any atom is -0.508 e. The Hall–Kier alpha value is -3.09. The number of hydrogen-bond acceptors (Lipinski definition) is 5. The largest absolute Gasteiger partial charge is 0.508 e. The number of nitrogens with one attached hydrogen (secondary N) is 2. The molecular formula is C18H18N4O3. The number of benzene rings is 1. The molecule has 1 fully saturated rings. The number of amides is 1. The third-order valence-corrected chi connectivity index (χ3v) is 4.17. The van der Waals surface area contributed by atoms with Crippen molar-refractivity contribution in [2.24, 2.45) is 5.92 Å². The van der Waals surface area contributed by atoms with Crippen LogP contribution < -0.4 is 10.1 Å². The van der Waals surface area contributed by atoms with Gasteiger partial charge in [-0.15, -0.1) is 0 Å². The molecule has 25 heavy (non-hydrogen) atoms. The average Bonchev–Trinajstić information content (AvgIpc) is 3.36. The number of phenolic OH excluding ortho intramolecular Hbond substituents is 1. The molecule has 1 amide bonds. The number of hydrogen-bond donors (Lipinski definition) is 3. The van der Waals surface area contributed by atoms with Crippen molar-refractivity contribution < 1.29 is 14.6 Å². The van der Waals surface area contributed by atoms with Gasteiger partial charge in [-0.05, 0) is 43.0 Å². The molecule has 7 heteroatoms. The quantitative estimate of drug-likeness (QED) is 0.641. The fourth-order valence-corrected chi connectivity index (χ4v) is 2.60. The van der Waals surface area contributed by atoms with Gasteiger partial charge in [0.15, 0.2) is 5.65 Å². The summed E-state index contributed by atoms with van der Waals surface area (Å²) in [5.41, 5.74) is 1.74. The van der Waals surface area contributed by atoms with Crippen molar-refractivity contribution in [3.05, 3.63) is 47.8 Å². The van der Waals surface area contributed by atoms with Gasteiger partial charge in [0.25, 0.3) is 5.91 Å². The molecule has 0 unspecified atom stereocenters. The molecule has 0 saturated heterocycles. The summed E-state index contributed by atoms with van der Waals surface area (Å²) in [4.78, 5) is 16.5. The van der Waals surface area contributed by atoms with Crippen LogP contribution in [0.3, 0.4) is 0 Å². The summed E-state index contributed by atoms with van der Waals surface area (Å²) < 4.78 is 5.65. The molecule has 1 aliphatic carbocycles. The van der Waals surface area contributed by atoms with E-state index in [0.29, 0.717) is 29.5 Å². The molecule has 2 heterocycles. The van der Waals surface area contributed by atoms with Gasteiger partial charge in [-0.1, -0.05) is 0 Å². The van der Waals surface area contributed by atoms with E-state index in [-0.39, 0.29) is 18.2 Å². The van der Waals surface area contributed by atoms with Crippen molar-refractivity contribution in [2.45, 2.75) is 19.4 Å². The smallest absolute Gasteiger partial charge is 0.251 e. The van der Waals surface area contributed by atoms with Crippen molar-refractivity contribution in [1.82, 2.24) is 20.5 Å². The predicted molar refractivity (Wildman–Crippen MR) is 91.4 cm³/mol. The summed E-state index contributed by atoms with van der Waals surface area (Å²) in [7, 11) is 0. The third-order valence-electron chi connectivity index (χ3n) is 4.17. The van der Waals surface area contributed by atoms with E-state index < -0.39 is 0 Å². The second-order valence-corrected chi connectivity index (χ2v) is 6.23. The highest BCUT2D eigenvalue weighted by Crippen LogP contribution is 2.30. The Balaban J connectivity index is 1.45. The molecule has 1 saturated carbocycles. The second kappa shape index (κ2) is 6.43. The number of pyridine rings is 1. The highest BCUT2D eigenvalue weighted by molar-refractivity contribution is 5.95. The van der Waals surface area contributed by atoms with Gasteiger partial charge in [-0.3, -0.25) is 9.89 Å². The molecule has 0 atom stereocenters. The fourth-order valence-electron chi connectivity index (χ4n) is 2.60. The maximum Gasteiger partial charge on any atom is 0.251 e. The summed E-state index contributed by atoms with van der Waals surface area (Å²) >= 11 is 0. The third kappa shape index (κ3) is 3.55. The Morgan fingerprint density at radius 3 is 3.08 bits per heavy atom. The number of rotatable bonds is 6. The van der Waals surface area contributed by atoms with Crippen LogP contribution in [0.5, 0.6) is 11.5 Å². The number of aromatic hydroxyl groups is 1. The Kier molecular flexibility index (Phi) is 3.97. The first-order chi connectivity index (χ1) is 12.2. The number of ether oxygens (including phenoxy) is 1. The molecule has 128 valence electrons.